The molecule has 0 atom stereocenters. The zero-order valence-electron chi connectivity index (χ0n) is 5.63. The molecule has 0 fully saturated rings. The third kappa shape index (κ3) is 89.7. The van der Waals surface area contributed by atoms with E-state index in [4.69, 9.17) is 5.11 Å². The molecular weight excluding hydrogens is 136 g/mol. The first-order valence-electron chi connectivity index (χ1n) is 2.80. The summed E-state index contributed by atoms with van der Waals surface area (Å²) in [5.41, 5.74) is 9.24. The second-order valence-corrected chi connectivity index (χ2v) is 1.95. The van der Waals surface area contributed by atoms with E-state index in [1.807, 2.05) is 0 Å². The summed E-state index contributed by atoms with van der Waals surface area (Å²) in [6, 6.07) is 0. The molecule has 0 amide bonds. The lowest BCUT2D eigenvalue weighted by molar-refractivity contribution is 0.287. The number of thiocarbonyl (C=S) groups is 1. The van der Waals surface area contributed by atoms with Crippen molar-refractivity contribution in [2.75, 3.05) is 6.61 Å². The molecule has 3 nitrogen and oxygen atoms in total. The van der Waals surface area contributed by atoms with Crippen LogP contribution in [0.25, 0.3) is 0 Å². The molecule has 0 heterocycles. The van der Waals surface area contributed by atoms with Gasteiger partial charge in [0, 0.05) is 6.61 Å². The van der Waals surface area contributed by atoms with Crippen LogP contribution >= 0.6 is 12.2 Å². The Morgan fingerprint density at radius 2 is 1.89 bits per heavy atom. The minimum absolute atomic E-state index is 0.000000000000000222. The third-order valence-corrected chi connectivity index (χ3v) is 0.512. The molecular formula is C5H14N2OS. The van der Waals surface area contributed by atoms with Crippen molar-refractivity contribution < 1.29 is 5.11 Å². The van der Waals surface area contributed by atoms with Crippen LogP contribution in [-0.2, 0) is 0 Å². The quantitative estimate of drug-likeness (QED) is 0.483. The van der Waals surface area contributed by atoms with Crippen molar-refractivity contribution in [1.29, 1.82) is 0 Å². The van der Waals surface area contributed by atoms with E-state index in [9.17, 15) is 0 Å². The van der Waals surface area contributed by atoms with E-state index in [2.05, 4.69) is 30.6 Å². The van der Waals surface area contributed by atoms with Gasteiger partial charge in [0.15, 0.2) is 5.11 Å². The van der Waals surface area contributed by atoms with Crippen LogP contribution in [0, 0.1) is 0 Å². The smallest absolute Gasteiger partial charge is 0.160 e. The molecule has 0 bridgehead atoms. The van der Waals surface area contributed by atoms with Gasteiger partial charge < -0.3 is 16.6 Å². The highest BCUT2D eigenvalue weighted by molar-refractivity contribution is 7.80. The van der Waals surface area contributed by atoms with Gasteiger partial charge in [0.1, 0.15) is 0 Å². The van der Waals surface area contributed by atoms with Gasteiger partial charge in [-0.15, -0.1) is 0 Å². The summed E-state index contributed by atoms with van der Waals surface area (Å²) in [7, 11) is 0. The van der Waals surface area contributed by atoms with Crippen molar-refractivity contribution in [1.82, 2.24) is 0 Å². The Bertz CT molecular complexity index is 62.0. The van der Waals surface area contributed by atoms with Crippen LogP contribution in [0.3, 0.4) is 0 Å². The van der Waals surface area contributed by atoms with E-state index in [-0.39, 0.29) is 5.11 Å². The van der Waals surface area contributed by atoms with Crippen LogP contribution in [0.4, 0.5) is 0 Å². The molecule has 0 rings (SSSR count). The van der Waals surface area contributed by atoms with Crippen LogP contribution in [0.5, 0.6) is 0 Å². The van der Waals surface area contributed by atoms with E-state index in [0.29, 0.717) is 6.61 Å². The second-order valence-electron chi connectivity index (χ2n) is 1.48. The van der Waals surface area contributed by atoms with Crippen molar-refractivity contribution in [3.8, 4) is 0 Å². The number of unbranched alkanes of at least 4 members (excludes halogenated alkanes) is 1. The molecule has 9 heavy (non-hydrogen) atoms. The van der Waals surface area contributed by atoms with Crippen molar-refractivity contribution >= 4 is 17.3 Å². The Hall–Kier alpha value is -0.350. The van der Waals surface area contributed by atoms with E-state index in [1.165, 1.54) is 0 Å². The highest BCUT2D eigenvalue weighted by Crippen LogP contribution is 1.78. The minimum Gasteiger partial charge on any atom is -0.396 e. The number of nitrogens with two attached hydrogens (primary N) is 2. The molecule has 0 aromatic heterocycles. The van der Waals surface area contributed by atoms with Gasteiger partial charge in [0.05, 0.1) is 0 Å². The number of hydrogen-bond acceptors (Lipinski definition) is 2. The fourth-order valence-corrected chi connectivity index (χ4v) is 0.158. The van der Waals surface area contributed by atoms with E-state index < -0.39 is 0 Å². The van der Waals surface area contributed by atoms with E-state index in [1.54, 1.807) is 0 Å². The maximum atomic E-state index is 8.07. The van der Waals surface area contributed by atoms with Crippen molar-refractivity contribution in [3.63, 3.8) is 0 Å². The Balaban J connectivity index is 0. The molecule has 0 saturated carbocycles. The molecule has 0 aliphatic rings. The Labute approximate surface area is 61.0 Å². The molecule has 4 heteroatoms. The monoisotopic (exact) mass is 150 g/mol. The van der Waals surface area contributed by atoms with Gasteiger partial charge in [-0.2, -0.15) is 0 Å². The van der Waals surface area contributed by atoms with Crippen LogP contribution in [0.2, 0.25) is 0 Å². The Morgan fingerprint density at radius 1 is 1.56 bits per heavy atom. The molecule has 0 radical (unpaired) electrons. The summed E-state index contributed by atoms with van der Waals surface area (Å²) >= 11 is 4.09. The van der Waals surface area contributed by atoms with Crippen LogP contribution in [0.1, 0.15) is 19.8 Å². The summed E-state index contributed by atoms with van der Waals surface area (Å²) in [4.78, 5) is 0. The summed E-state index contributed by atoms with van der Waals surface area (Å²) in [5, 5.41) is 8.07. The van der Waals surface area contributed by atoms with Gasteiger partial charge in [-0.1, -0.05) is 13.3 Å². The van der Waals surface area contributed by atoms with Crippen molar-refractivity contribution in [2.45, 2.75) is 19.8 Å². The SMILES string of the molecule is CCCCO.NC(N)=S. The fourth-order valence-electron chi connectivity index (χ4n) is 0.158. The first kappa shape index (κ1) is 11.4. The average molecular weight is 150 g/mol. The van der Waals surface area contributed by atoms with Gasteiger partial charge >= 0.3 is 0 Å². The fraction of sp³-hybridized carbons (Fsp3) is 0.800. The third-order valence-electron chi connectivity index (χ3n) is 0.512. The molecule has 0 saturated heterocycles. The normalized spacial score (nSPS) is 7.33. The second kappa shape index (κ2) is 10.6. The Kier molecular flexibility index (Phi) is 13.5. The molecule has 0 aliphatic heterocycles. The largest absolute Gasteiger partial charge is 0.396 e. The van der Waals surface area contributed by atoms with E-state index >= 15 is 0 Å². The maximum absolute atomic E-state index is 8.07. The van der Waals surface area contributed by atoms with Gasteiger partial charge in [-0.25, -0.2) is 0 Å². The van der Waals surface area contributed by atoms with Gasteiger partial charge in [-0.3, -0.25) is 0 Å². The summed E-state index contributed by atoms with van der Waals surface area (Å²) in [6.07, 6.45) is 2.04. The standard InChI is InChI=1S/C4H10O.CH4N2S/c1-2-3-4-5;2-1(3)4/h5H,2-4H2,1H3;(H4,2,3,4). The van der Waals surface area contributed by atoms with Crippen LogP contribution in [-0.4, -0.2) is 16.8 Å². The summed E-state index contributed by atoms with van der Waals surface area (Å²) in [5.74, 6) is 0. The molecule has 56 valence electrons. The highest BCUT2D eigenvalue weighted by atomic mass is 32.1. The first-order chi connectivity index (χ1) is 4.15. The van der Waals surface area contributed by atoms with Crippen molar-refractivity contribution in [3.05, 3.63) is 0 Å². The lowest BCUT2D eigenvalue weighted by Gasteiger charge is -1.79. The number of aliphatic hydroxyl groups excluding tert-OH is 1. The van der Waals surface area contributed by atoms with Gasteiger partial charge in [0.2, 0.25) is 0 Å². The zero-order valence-corrected chi connectivity index (χ0v) is 6.45. The minimum atomic E-state index is 0.000000000000000222. The molecule has 0 spiro atoms. The summed E-state index contributed by atoms with van der Waals surface area (Å²) < 4.78 is 0. The average Bonchev–Trinajstić information content (AvgIpc) is 1.66. The van der Waals surface area contributed by atoms with Crippen molar-refractivity contribution in [2.24, 2.45) is 11.5 Å². The lowest BCUT2D eigenvalue weighted by atomic mass is 10.4. The lowest BCUT2D eigenvalue weighted by Crippen LogP contribution is -2.18. The number of aliphatic hydroxyl groups is 1. The van der Waals surface area contributed by atoms with Gasteiger partial charge in [0.25, 0.3) is 0 Å². The molecule has 0 aliphatic carbocycles. The highest BCUT2D eigenvalue weighted by Gasteiger charge is 1.69. The topological polar surface area (TPSA) is 72.3 Å². The van der Waals surface area contributed by atoms with Gasteiger partial charge in [-0.05, 0) is 18.6 Å². The Morgan fingerprint density at radius 3 is 1.89 bits per heavy atom. The zero-order chi connectivity index (χ0) is 7.70. The number of hydrogen-bond donors (Lipinski definition) is 3. The predicted octanol–water partition coefficient (Wildman–Crippen LogP) is -0.0325. The van der Waals surface area contributed by atoms with Crippen LogP contribution < -0.4 is 11.5 Å². The molecule has 0 aromatic carbocycles. The maximum Gasteiger partial charge on any atom is 0.160 e. The van der Waals surface area contributed by atoms with Crippen LogP contribution in [0.15, 0.2) is 0 Å². The molecule has 0 aromatic rings. The number of rotatable bonds is 2. The van der Waals surface area contributed by atoms with E-state index in [0.717, 1.165) is 12.8 Å². The molecule has 5 N–H and O–H groups in total. The first-order valence-corrected chi connectivity index (χ1v) is 3.21. The summed E-state index contributed by atoms with van der Waals surface area (Å²) in [6.45, 7) is 2.40. The predicted molar refractivity (Wildman–Crippen MR) is 43.0 cm³/mol. The molecule has 0 unspecified atom stereocenters.